The summed E-state index contributed by atoms with van der Waals surface area (Å²) in [5.74, 6) is -0.957. The molecule has 1 aromatic heterocycles. The van der Waals surface area contributed by atoms with E-state index in [1.807, 2.05) is 27.7 Å². The summed E-state index contributed by atoms with van der Waals surface area (Å²) in [7, 11) is 0. The van der Waals surface area contributed by atoms with Crippen LogP contribution in [0.3, 0.4) is 0 Å². The van der Waals surface area contributed by atoms with Crippen LogP contribution in [0.25, 0.3) is 10.9 Å². The second-order valence-electron chi connectivity index (χ2n) is 5.59. The van der Waals surface area contributed by atoms with Crippen molar-refractivity contribution in [1.82, 2.24) is 4.98 Å². The number of fused-ring (bicyclic) bond motifs is 1. The van der Waals surface area contributed by atoms with Gasteiger partial charge in [0, 0.05) is 23.3 Å². The SMILES string of the molecule is CCNc1cc(C(C)(C)C)nc2c(F)ccc(F)c12. The molecule has 2 aromatic rings. The van der Waals surface area contributed by atoms with Crippen LogP contribution in [0, 0.1) is 11.6 Å². The molecule has 0 aliphatic heterocycles. The van der Waals surface area contributed by atoms with Gasteiger partial charge in [-0.2, -0.15) is 0 Å². The molecule has 4 heteroatoms. The predicted molar refractivity (Wildman–Crippen MR) is 74.5 cm³/mol. The van der Waals surface area contributed by atoms with E-state index in [-0.39, 0.29) is 16.3 Å². The zero-order valence-corrected chi connectivity index (χ0v) is 11.6. The number of rotatable bonds is 2. The number of hydrogen-bond acceptors (Lipinski definition) is 2. The van der Waals surface area contributed by atoms with Crippen LogP contribution < -0.4 is 5.32 Å². The van der Waals surface area contributed by atoms with Gasteiger partial charge < -0.3 is 5.32 Å². The van der Waals surface area contributed by atoms with E-state index >= 15 is 0 Å². The van der Waals surface area contributed by atoms with E-state index in [0.29, 0.717) is 12.2 Å². The second-order valence-corrected chi connectivity index (χ2v) is 5.59. The van der Waals surface area contributed by atoms with Crippen molar-refractivity contribution in [1.29, 1.82) is 0 Å². The van der Waals surface area contributed by atoms with E-state index in [1.54, 1.807) is 6.07 Å². The van der Waals surface area contributed by atoms with Crippen LogP contribution in [0.2, 0.25) is 0 Å². The zero-order valence-electron chi connectivity index (χ0n) is 11.6. The molecule has 0 fully saturated rings. The lowest BCUT2D eigenvalue weighted by molar-refractivity contribution is 0.567. The molecular formula is C15H18F2N2. The van der Waals surface area contributed by atoms with E-state index in [9.17, 15) is 8.78 Å². The van der Waals surface area contributed by atoms with Crippen molar-refractivity contribution in [2.24, 2.45) is 0 Å². The van der Waals surface area contributed by atoms with Crippen LogP contribution in [-0.2, 0) is 5.41 Å². The Morgan fingerprint density at radius 3 is 2.37 bits per heavy atom. The molecule has 1 N–H and O–H groups in total. The van der Waals surface area contributed by atoms with Crippen LogP contribution in [0.1, 0.15) is 33.4 Å². The molecule has 102 valence electrons. The first kappa shape index (κ1) is 13.7. The summed E-state index contributed by atoms with van der Waals surface area (Å²) in [6, 6.07) is 4.05. The van der Waals surface area contributed by atoms with Crippen molar-refractivity contribution in [2.75, 3.05) is 11.9 Å². The molecule has 0 radical (unpaired) electrons. The number of halogens is 2. The van der Waals surface area contributed by atoms with Gasteiger partial charge in [0.2, 0.25) is 0 Å². The highest BCUT2D eigenvalue weighted by atomic mass is 19.1. The maximum Gasteiger partial charge on any atom is 0.149 e. The summed E-state index contributed by atoms with van der Waals surface area (Å²) in [5.41, 5.74) is 1.19. The lowest BCUT2D eigenvalue weighted by atomic mass is 9.90. The van der Waals surface area contributed by atoms with Crippen molar-refractivity contribution in [2.45, 2.75) is 33.1 Å². The molecule has 0 aliphatic carbocycles. The number of anilines is 1. The van der Waals surface area contributed by atoms with Gasteiger partial charge in [0.05, 0.1) is 5.39 Å². The molecule has 0 unspecified atom stereocenters. The Balaban J connectivity index is 2.83. The minimum absolute atomic E-state index is 0.0865. The standard InChI is InChI=1S/C15H18F2N2/c1-5-18-11-8-12(15(2,3)4)19-14-10(17)7-6-9(16)13(11)14/h6-8H,5H2,1-4H3,(H,18,19). The first-order chi connectivity index (χ1) is 8.84. The molecule has 0 atom stereocenters. The third-order valence-electron chi connectivity index (χ3n) is 3.00. The van der Waals surface area contributed by atoms with Gasteiger partial charge in [0.15, 0.2) is 0 Å². The highest BCUT2D eigenvalue weighted by molar-refractivity contribution is 5.92. The minimum atomic E-state index is -0.498. The first-order valence-corrected chi connectivity index (χ1v) is 6.37. The van der Waals surface area contributed by atoms with Gasteiger partial charge in [-0.15, -0.1) is 0 Å². The zero-order chi connectivity index (χ0) is 14.2. The maximum absolute atomic E-state index is 13.9. The van der Waals surface area contributed by atoms with Crippen LogP contribution in [0.5, 0.6) is 0 Å². The van der Waals surface area contributed by atoms with E-state index in [0.717, 1.165) is 17.8 Å². The topological polar surface area (TPSA) is 24.9 Å². The molecule has 0 saturated carbocycles. The Hall–Kier alpha value is -1.71. The molecule has 1 aromatic carbocycles. The summed E-state index contributed by atoms with van der Waals surface area (Å²) < 4.78 is 27.8. The first-order valence-electron chi connectivity index (χ1n) is 6.37. The molecule has 0 aliphatic rings. The van der Waals surface area contributed by atoms with E-state index in [2.05, 4.69) is 10.3 Å². The van der Waals surface area contributed by atoms with Crippen molar-refractivity contribution < 1.29 is 8.78 Å². The van der Waals surface area contributed by atoms with E-state index in [4.69, 9.17) is 0 Å². The molecule has 1 heterocycles. The van der Waals surface area contributed by atoms with Crippen LogP contribution in [0.4, 0.5) is 14.5 Å². The normalized spacial score (nSPS) is 11.9. The number of nitrogens with one attached hydrogen (secondary N) is 1. The number of aromatic nitrogens is 1. The smallest absolute Gasteiger partial charge is 0.149 e. The van der Waals surface area contributed by atoms with Crippen molar-refractivity contribution >= 4 is 16.6 Å². The fraction of sp³-hybridized carbons (Fsp3) is 0.400. The summed E-state index contributed by atoms with van der Waals surface area (Å²) in [6.07, 6.45) is 0. The highest BCUT2D eigenvalue weighted by Gasteiger charge is 2.20. The van der Waals surface area contributed by atoms with Crippen LogP contribution in [-0.4, -0.2) is 11.5 Å². The quantitative estimate of drug-likeness (QED) is 0.877. The molecule has 0 saturated heterocycles. The lowest BCUT2D eigenvalue weighted by Gasteiger charge is -2.20. The summed E-state index contributed by atoms with van der Waals surface area (Å²) in [5, 5.41) is 3.30. The van der Waals surface area contributed by atoms with Gasteiger partial charge in [-0.25, -0.2) is 13.8 Å². The van der Waals surface area contributed by atoms with Gasteiger partial charge in [-0.3, -0.25) is 0 Å². The Labute approximate surface area is 111 Å². The lowest BCUT2D eigenvalue weighted by Crippen LogP contribution is -2.15. The van der Waals surface area contributed by atoms with Crippen LogP contribution >= 0.6 is 0 Å². The van der Waals surface area contributed by atoms with E-state index < -0.39 is 11.6 Å². The average Bonchev–Trinajstić information content (AvgIpc) is 2.33. The Kier molecular flexibility index (Phi) is 3.43. The number of nitrogens with zero attached hydrogens (tertiary/aromatic N) is 1. The van der Waals surface area contributed by atoms with Gasteiger partial charge in [-0.1, -0.05) is 20.8 Å². The summed E-state index contributed by atoms with van der Waals surface area (Å²) >= 11 is 0. The van der Waals surface area contributed by atoms with Gasteiger partial charge in [-0.05, 0) is 25.1 Å². The van der Waals surface area contributed by atoms with Crippen LogP contribution in [0.15, 0.2) is 18.2 Å². The van der Waals surface area contributed by atoms with E-state index in [1.165, 1.54) is 0 Å². The summed E-state index contributed by atoms with van der Waals surface area (Å²) in [4.78, 5) is 4.29. The Morgan fingerprint density at radius 1 is 1.16 bits per heavy atom. The monoisotopic (exact) mass is 264 g/mol. The second kappa shape index (κ2) is 4.76. The average molecular weight is 264 g/mol. The molecule has 2 rings (SSSR count). The third kappa shape index (κ3) is 2.53. The Bertz CT molecular complexity index is 616. The molecular weight excluding hydrogens is 246 g/mol. The number of benzene rings is 1. The van der Waals surface area contributed by atoms with Crippen molar-refractivity contribution in [3.05, 3.63) is 35.5 Å². The number of hydrogen-bond donors (Lipinski definition) is 1. The maximum atomic E-state index is 13.9. The minimum Gasteiger partial charge on any atom is -0.385 e. The largest absolute Gasteiger partial charge is 0.385 e. The molecule has 2 nitrogen and oxygen atoms in total. The van der Waals surface area contributed by atoms with Gasteiger partial charge in [0.1, 0.15) is 17.2 Å². The molecule has 0 amide bonds. The Morgan fingerprint density at radius 2 is 1.79 bits per heavy atom. The van der Waals surface area contributed by atoms with Crippen molar-refractivity contribution in [3.8, 4) is 0 Å². The molecule has 0 bridgehead atoms. The fourth-order valence-electron chi connectivity index (χ4n) is 1.98. The molecule has 0 spiro atoms. The fourth-order valence-corrected chi connectivity index (χ4v) is 1.98. The van der Waals surface area contributed by atoms with Gasteiger partial charge >= 0.3 is 0 Å². The third-order valence-corrected chi connectivity index (χ3v) is 3.00. The molecule has 19 heavy (non-hydrogen) atoms. The van der Waals surface area contributed by atoms with Crippen molar-refractivity contribution in [3.63, 3.8) is 0 Å². The summed E-state index contributed by atoms with van der Waals surface area (Å²) in [6.45, 7) is 8.54. The number of pyridine rings is 1. The predicted octanol–water partition coefficient (Wildman–Crippen LogP) is 4.24. The highest BCUT2D eigenvalue weighted by Crippen LogP contribution is 2.32. The van der Waals surface area contributed by atoms with Gasteiger partial charge in [0.25, 0.3) is 0 Å².